The Balaban J connectivity index is 1.67. The number of imide groups is 1. The summed E-state index contributed by atoms with van der Waals surface area (Å²) in [6, 6.07) is 9.21. The Hall–Kier alpha value is -3.58. The zero-order valence-electron chi connectivity index (χ0n) is 23.2. The molecule has 0 aromatic heterocycles. The predicted octanol–water partition coefficient (Wildman–Crippen LogP) is 8.66. The van der Waals surface area contributed by atoms with Crippen molar-refractivity contribution in [1.82, 2.24) is 4.90 Å². The fourth-order valence-corrected chi connectivity index (χ4v) is 4.11. The SMILES string of the molecule is CC/C=C\C/C=C\C/C=C\C/C=C\C/C=C\CC#CC[C@@H](CC)C(=O)N1C(=O)O[C@H](c2ccccc2)[C@@H]1C. The topological polar surface area (TPSA) is 46.6 Å². The second-order valence-corrected chi connectivity index (χ2v) is 9.24. The molecule has 2 amide bonds. The van der Waals surface area contributed by atoms with Crippen molar-refractivity contribution in [2.24, 2.45) is 5.92 Å². The molecule has 1 saturated heterocycles. The van der Waals surface area contributed by atoms with E-state index in [0.717, 1.165) is 37.7 Å². The summed E-state index contributed by atoms with van der Waals surface area (Å²) in [5.74, 6) is 5.74. The summed E-state index contributed by atoms with van der Waals surface area (Å²) in [6.45, 7) is 5.96. The first-order chi connectivity index (χ1) is 18.6. The number of benzene rings is 1. The third-order valence-corrected chi connectivity index (χ3v) is 6.33. The standard InChI is InChI=1S/C34H43NO3/c1-4-6-7-8-9-10-11-12-13-14-15-16-17-18-19-20-21-23-26-30(5-2)33(36)35-29(3)32(38-34(35)37)31-27-24-22-25-28-31/h6-7,9-10,12-13,15-16,18-19,22,24-25,27-30,32H,4-5,8,11,14,17,20,26H2,1-3H3/b7-6-,10-9-,13-12-,16-15-,19-18-/t29-,30+,32-/m0/s1. The van der Waals surface area contributed by atoms with E-state index in [2.05, 4.69) is 79.5 Å². The lowest BCUT2D eigenvalue weighted by Gasteiger charge is -2.22. The Morgan fingerprint density at radius 2 is 1.42 bits per heavy atom. The molecule has 0 radical (unpaired) electrons. The van der Waals surface area contributed by atoms with Crippen LogP contribution in [0.2, 0.25) is 0 Å². The van der Waals surface area contributed by atoms with Gasteiger partial charge >= 0.3 is 6.09 Å². The minimum Gasteiger partial charge on any atom is -0.439 e. The first kappa shape index (κ1) is 30.6. The van der Waals surface area contributed by atoms with Crippen molar-refractivity contribution < 1.29 is 14.3 Å². The van der Waals surface area contributed by atoms with Gasteiger partial charge in [-0.15, -0.1) is 5.92 Å². The van der Waals surface area contributed by atoms with Crippen LogP contribution in [0.5, 0.6) is 0 Å². The third-order valence-electron chi connectivity index (χ3n) is 6.33. The number of hydrogen-bond donors (Lipinski definition) is 0. The molecule has 1 fully saturated rings. The lowest BCUT2D eigenvalue weighted by molar-refractivity contribution is -0.133. The van der Waals surface area contributed by atoms with Gasteiger partial charge in [-0.05, 0) is 51.0 Å². The van der Waals surface area contributed by atoms with Crippen molar-refractivity contribution in [2.75, 3.05) is 0 Å². The summed E-state index contributed by atoms with van der Waals surface area (Å²) in [6.07, 6.45) is 27.3. The van der Waals surface area contributed by atoms with E-state index in [1.54, 1.807) is 0 Å². The zero-order chi connectivity index (χ0) is 27.4. The summed E-state index contributed by atoms with van der Waals surface area (Å²) >= 11 is 0. The number of rotatable bonds is 14. The Labute approximate surface area is 229 Å². The highest BCUT2D eigenvalue weighted by molar-refractivity contribution is 5.95. The summed E-state index contributed by atoms with van der Waals surface area (Å²) in [5, 5.41) is 0. The van der Waals surface area contributed by atoms with Crippen molar-refractivity contribution in [2.45, 2.75) is 84.3 Å². The lowest BCUT2D eigenvalue weighted by atomic mass is 9.98. The molecule has 38 heavy (non-hydrogen) atoms. The van der Waals surface area contributed by atoms with Crippen LogP contribution in [0.1, 0.15) is 83.8 Å². The number of carbonyl (C=O) groups excluding carboxylic acids is 2. The molecular formula is C34H43NO3. The number of amides is 2. The van der Waals surface area contributed by atoms with E-state index in [9.17, 15) is 9.59 Å². The molecule has 0 aliphatic carbocycles. The number of allylic oxidation sites excluding steroid dienone is 10. The summed E-state index contributed by atoms with van der Waals surface area (Å²) in [7, 11) is 0. The van der Waals surface area contributed by atoms with Crippen LogP contribution in [-0.4, -0.2) is 22.9 Å². The maximum absolute atomic E-state index is 13.1. The Bertz CT molecular complexity index is 1050. The molecule has 0 unspecified atom stereocenters. The molecule has 0 bridgehead atoms. The Kier molecular flexibility index (Phi) is 15.0. The Morgan fingerprint density at radius 1 is 0.868 bits per heavy atom. The highest BCUT2D eigenvalue weighted by Gasteiger charge is 2.44. The van der Waals surface area contributed by atoms with Gasteiger partial charge in [-0.2, -0.15) is 0 Å². The second kappa shape index (κ2) is 18.6. The molecule has 0 N–H and O–H groups in total. The zero-order valence-corrected chi connectivity index (χ0v) is 23.2. The lowest BCUT2D eigenvalue weighted by Crippen LogP contribution is -2.41. The molecule has 0 saturated carbocycles. The summed E-state index contributed by atoms with van der Waals surface area (Å²) in [5.41, 5.74) is 0.897. The first-order valence-corrected chi connectivity index (χ1v) is 13.9. The van der Waals surface area contributed by atoms with Gasteiger partial charge in [-0.1, -0.05) is 111 Å². The minimum absolute atomic E-state index is 0.201. The van der Waals surface area contributed by atoms with Crippen LogP contribution in [0.3, 0.4) is 0 Å². The predicted molar refractivity (Wildman–Crippen MR) is 157 cm³/mol. The molecule has 2 rings (SSSR count). The smallest absolute Gasteiger partial charge is 0.417 e. The van der Waals surface area contributed by atoms with Crippen LogP contribution in [0, 0.1) is 17.8 Å². The fraction of sp³-hybridized carbons (Fsp3) is 0.412. The fourth-order valence-electron chi connectivity index (χ4n) is 4.11. The summed E-state index contributed by atoms with van der Waals surface area (Å²) in [4.78, 5) is 26.9. The van der Waals surface area contributed by atoms with Gasteiger partial charge in [-0.3, -0.25) is 4.79 Å². The van der Waals surface area contributed by atoms with Crippen LogP contribution in [0.25, 0.3) is 0 Å². The largest absolute Gasteiger partial charge is 0.439 e. The van der Waals surface area contributed by atoms with Crippen LogP contribution in [0.15, 0.2) is 91.1 Å². The van der Waals surface area contributed by atoms with E-state index >= 15 is 0 Å². The quantitative estimate of drug-likeness (QED) is 0.185. The second-order valence-electron chi connectivity index (χ2n) is 9.24. The van der Waals surface area contributed by atoms with Gasteiger partial charge in [0.05, 0.1) is 6.04 Å². The van der Waals surface area contributed by atoms with Crippen LogP contribution < -0.4 is 0 Å². The van der Waals surface area contributed by atoms with Crippen molar-refractivity contribution in [3.05, 3.63) is 96.7 Å². The summed E-state index contributed by atoms with van der Waals surface area (Å²) < 4.78 is 5.54. The molecule has 202 valence electrons. The molecule has 1 aliphatic rings. The van der Waals surface area contributed by atoms with Crippen molar-refractivity contribution in [3.8, 4) is 11.8 Å². The number of cyclic esters (lactones) is 1. The molecule has 4 nitrogen and oxygen atoms in total. The number of hydrogen-bond acceptors (Lipinski definition) is 3. The van der Waals surface area contributed by atoms with E-state index in [0.29, 0.717) is 19.3 Å². The van der Waals surface area contributed by atoms with E-state index in [-0.39, 0.29) is 17.9 Å². The molecular weight excluding hydrogens is 470 g/mol. The van der Waals surface area contributed by atoms with Gasteiger partial charge in [0.1, 0.15) is 6.10 Å². The van der Waals surface area contributed by atoms with Gasteiger partial charge in [0.2, 0.25) is 5.91 Å². The Morgan fingerprint density at radius 3 is 1.97 bits per heavy atom. The number of ether oxygens (including phenoxy) is 1. The average molecular weight is 514 g/mol. The average Bonchev–Trinajstić information content (AvgIpc) is 3.23. The van der Waals surface area contributed by atoms with Crippen LogP contribution >= 0.6 is 0 Å². The number of nitrogens with zero attached hydrogens (tertiary/aromatic N) is 1. The number of carbonyl (C=O) groups is 2. The third kappa shape index (κ3) is 10.8. The van der Waals surface area contributed by atoms with Gasteiger partial charge in [0.25, 0.3) is 0 Å². The first-order valence-electron chi connectivity index (χ1n) is 13.9. The highest BCUT2D eigenvalue weighted by Crippen LogP contribution is 2.33. The van der Waals surface area contributed by atoms with E-state index in [4.69, 9.17) is 4.74 Å². The highest BCUT2D eigenvalue weighted by atomic mass is 16.6. The molecule has 1 aromatic rings. The van der Waals surface area contributed by atoms with Crippen LogP contribution in [-0.2, 0) is 9.53 Å². The van der Waals surface area contributed by atoms with Crippen LogP contribution in [0.4, 0.5) is 4.79 Å². The normalized spacial score (nSPS) is 18.7. The van der Waals surface area contributed by atoms with Gasteiger partial charge in [-0.25, -0.2) is 9.69 Å². The van der Waals surface area contributed by atoms with Crippen molar-refractivity contribution in [1.29, 1.82) is 0 Å². The van der Waals surface area contributed by atoms with Crippen molar-refractivity contribution >= 4 is 12.0 Å². The van der Waals surface area contributed by atoms with E-state index in [1.165, 1.54) is 4.90 Å². The van der Waals surface area contributed by atoms with Gasteiger partial charge < -0.3 is 4.74 Å². The minimum atomic E-state index is -0.568. The molecule has 1 aromatic carbocycles. The molecule has 1 heterocycles. The van der Waals surface area contributed by atoms with Crippen molar-refractivity contribution in [3.63, 3.8) is 0 Å². The van der Waals surface area contributed by atoms with E-state index in [1.807, 2.05) is 44.2 Å². The monoisotopic (exact) mass is 513 g/mol. The van der Waals surface area contributed by atoms with Gasteiger partial charge in [0, 0.05) is 18.8 Å². The molecule has 0 spiro atoms. The van der Waals surface area contributed by atoms with Gasteiger partial charge in [0.15, 0.2) is 0 Å². The molecule has 1 aliphatic heterocycles. The molecule has 3 atom stereocenters. The maximum atomic E-state index is 13.1. The molecule has 4 heteroatoms. The van der Waals surface area contributed by atoms with E-state index < -0.39 is 12.2 Å². The maximum Gasteiger partial charge on any atom is 0.417 e.